The number of nitrogen functional groups attached to an aromatic ring is 1. The fraction of sp³-hybridized carbons (Fsp3) is 0. The Morgan fingerprint density at radius 3 is 2.89 bits per heavy atom. The van der Waals surface area contributed by atoms with E-state index in [1.807, 2.05) is 0 Å². The van der Waals surface area contributed by atoms with Crippen LogP contribution in [-0.2, 0) is 0 Å². The number of hydrazine groups is 1. The maximum atomic E-state index is 10.8. The Morgan fingerprint density at radius 2 is 2.28 bits per heavy atom. The minimum Gasteiger partial charge on any atom is -0.292 e. The van der Waals surface area contributed by atoms with E-state index in [4.69, 9.17) is 5.84 Å². The molecule has 0 saturated heterocycles. The molecule has 2 aromatic heterocycles. The second-order valence-electron chi connectivity index (χ2n) is 2.94. The molecule has 0 aliphatic heterocycles. The van der Waals surface area contributed by atoms with Crippen LogP contribution in [0.5, 0.6) is 0 Å². The van der Waals surface area contributed by atoms with Crippen LogP contribution in [0.25, 0.3) is 0 Å². The number of anilines is 1. The van der Waals surface area contributed by atoms with E-state index in [2.05, 4.69) is 25.4 Å². The molecular formula is C8H7N7O2S. The van der Waals surface area contributed by atoms with E-state index in [0.717, 1.165) is 18.0 Å². The van der Waals surface area contributed by atoms with Crippen LogP contribution < -0.4 is 11.3 Å². The van der Waals surface area contributed by atoms with Gasteiger partial charge in [-0.05, 0) is 17.8 Å². The van der Waals surface area contributed by atoms with Gasteiger partial charge in [-0.15, -0.1) is 0 Å². The maximum Gasteiger partial charge on any atom is 0.320 e. The molecule has 10 heteroatoms. The van der Waals surface area contributed by atoms with Gasteiger partial charge in [0.2, 0.25) is 5.95 Å². The first-order valence-electron chi connectivity index (χ1n) is 4.62. The van der Waals surface area contributed by atoms with Crippen molar-refractivity contribution in [3.8, 4) is 0 Å². The molecule has 0 spiro atoms. The highest BCUT2D eigenvalue weighted by molar-refractivity contribution is 7.99. The molecule has 18 heavy (non-hydrogen) atoms. The van der Waals surface area contributed by atoms with Gasteiger partial charge in [0.05, 0.1) is 4.92 Å². The molecule has 0 amide bonds. The molecule has 0 aliphatic rings. The molecule has 0 bridgehead atoms. The monoisotopic (exact) mass is 265 g/mol. The van der Waals surface area contributed by atoms with Crippen molar-refractivity contribution in [3.05, 3.63) is 34.9 Å². The van der Waals surface area contributed by atoms with Crippen molar-refractivity contribution in [3.63, 3.8) is 0 Å². The highest BCUT2D eigenvalue weighted by atomic mass is 32.2. The quantitative estimate of drug-likeness (QED) is 0.353. The highest BCUT2D eigenvalue weighted by Crippen LogP contribution is 2.31. The van der Waals surface area contributed by atoms with Gasteiger partial charge in [-0.1, -0.05) is 0 Å². The molecule has 2 aromatic rings. The topological polar surface area (TPSA) is 133 Å². The van der Waals surface area contributed by atoms with Crippen LogP contribution in [0.2, 0.25) is 0 Å². The Balaban J connectivity index is 2.38. The lowest BCUT2D eigenvalue weighted by Crippen LogP contribution is -2.11. The predicted molar refractivity (Wildman–Crippen MR) is 62.7 cm³/mol. The minimum absolute atomic E-state index is 0.0946. The molecule has 0 aliphatic carbocycles. The van der Waals surface area contributed by atoms with Crippen molar-refractivity contribution < 1.29 is 4.92 Å². The molecule has 92 valence electrons. The van der Waals surface area contributed by atoms with Gasteiger partial charge in [0.15, 0.2) is 5.03 Å². The van der Waals surface area contributed by atoms with Gasteiger partial charge >= 0.3 is 5.69 Å². The molecule has 0 aromatic carbocycles. The first-order chi connectivity index (χ1) is 8.70. The van der Waals surface area contributed by atoms with Crippen molar-refractivity contribution >= 4 is 23.4 Å². The second-order valence-corrected chi connectivity index (χ2v) is 3.94. The average Bonchev–Trinajstić information content (AvgIpc) is 2.39. The molecule has 0 radical (unpaired) electrons. The zero-order valence-electron chi connectivity index (χ0n) is 8.85. The lowest BCUT2D eigenvalue weighted by Gasteiger charge is -2.03. The molecule has 0 atom stereocenters. The lowest BCUT2D eigenvalue weighted by molar-refractivity contribution is -0.388. The number of nitrogens with one attached hydrogen (secondary N) is 1. The molecule has 2 heterocycles. The fourth-order valence-electron chi connectivity index (χ4n) is 1.07. The van der Waals surface area contributed by atoms with Crippen LogP contribution in [0, 0.1) is 10.1 Å². The van der Waals surface area contributed by atoms with Gasteiger partial charge in [-0.2, -0.15) is 4.98 Å². The van der Waals surface area contributed by atoms with Crippen molar-refractivity contribution in [2.75, 3.05) is 5.43 Å². The summed E-state index contributed by atoms with van der Waals surface area (Å²) in [4.78, 5) is 25.6. The Kier molecular flexibility index (Phi) is 3.60. The van der Waals surface area contributed by atoms with E-state index in [1.54, 1.807) is 6.07 Å². The third kappa shape index (κ3) is 2.67. The number of nitrogens with two attached hydrogens (primary N) is 1. The first-order valence-corrected chi connectivity index (χ1v) is 5.44. The van der Waals surface area contributed by atoms with Crippen LogP contribution in [0.15, 0.2) is 34.8 Å². The molecule has 2 rings (SSSR count). The molecule has 0 saturated carbocycles. The van der Waals surface area contributed by atoms with Gasteiger partial charge in [0, 0.05) is 6.20 Å². The van der Waals surface area contributed by atoms with Crippen LogP contribution in [0.1, 0.15) is 0 Å². The summed E-state index contributed by atoms with van der Waals surface area (Å²) in [6.07, 6.45) is 3.97. The molecule has 3 N–H and O–H groups in total. The fourth-order valence-corrected chi connectivity index (χ4v) is 1.86. The van der Waals surface area contributed by atoms with Gasteiger partial charge < -0.3 is 0 Å². The zero-order chi connectivity index (χ0) is 13.0. The summed E-state index contributed by atoms with van der Waals surface area (Å²) in [6, 6.07) is 1.62. The largest absolute Gasteiger partial charge is 0.320 e. The predicted octanol–water partition coefficient (Wildman–Crippen LogP) is 0.612. The zero-order valence-corrected chi connectivity index (χ0v) is 9.66. The summed E-state index contributed by atoms with van der Waals surface area (Å²) in [7, 11) is 0. The van der Waals surface area contributed by atoms with Crippen molar-refractivity contribution in [2.45, 2.75) is 10.1 Å². The minimum atomic E-state index is -0.566. The van der Waals surface area contributed by atoms with Crippen LogP contribution in [-0.4, -0.2) is 24.9 Å². The number of aromatic nitrogens is 4. The second kappa shape index (κ2) is 5.33. The molecular weight excluding hydrogens is 258 g/mol. The smallest absolute Gasteiger partial charge is 0.292 e. The Labute approximate surface area is 105 Å². The standard InChI is InChI=1S/C8H7N7O2S/c9-14-8-11-3-5(15(16)17)7(13-8)18-6-1-2-10-4-12-6/h1-4H,9H2,(H,11,13,14). The summed E-state index contributed by atoms with van der Waals surface area (Å²) < 4.78 is 0. The Hall–Kier alpha value is -2.33. The molecule has 9 nitrogen and oxygen atoms in total. The number of nitro groups is 1. The summed E-state index contributed by atoms with van der Waals surface area (Å²) in [5.41, 5.74) is 2.02. The van der Waals surface area contributed by atoms with Gasteiger partial charge in [0.1, 0.15) is 17.6 Å². The van der Waals surface area contributed by atoms with Crippen molar-refractivity contribution in [1.29, 1.82) is 0 Å². The third-order valence-electron chi connectivity index (χ3n) is 1.82. The van der Waals surface area contributed by atoms with E-state index in [-0.39, 0.29) is 16.7 Å². The van der Waals surface area contributed by atoms with Crippen LogP contribution >= 0.6 is 11.8 Å². The Morgan fingerprint density at radius 1 is 1.44 bits per heavy atom. The SMILES string of the molecule is NNc1ncc([N+](=O)[O-])c(Sc2ccncn2)n1. The van der Waals surface area contributed by atoms with Crippen molar-refractivity contribution in [1.82, 2.24) is 19.9 Å². The first kappa shape index (κ1) is 12.1. The molecule has 0 fully saturated rings. The lowest BCUT2D eigenvalue weighted by atomic mass is 10.5. The van der Waals surface area contributed by atoms with Crippen LogP contribution in [0.4, 0.5) is 11.6 Å². The highest BCUT2D eigenvalue weighted by Gasteiger charge is 2.18. The number of hydrogen-bond donors (Lipinski definition) is 2. The maximum absolute atomic E-state index is 10.8. The normalized spacial score (nSPS) is 10.1. The van der Waals surface area contributed by atoms with Gasteiger partial charge in [0.25, 0.3) is 0 Å². The summed E-state index contributed by atoms with van der Waals surface area (Å²) in [5.74, 6) is 5.25. The summed E-state index contributed by atoms with van der Waals surface area (Å²) in [5, 5.41) is 11.5. The summed E-state index contributed by atoms with van der Waals surface area (Å²) in [6.45, 7) is 0. The van der Waals surface area contributed by atoms with E-state index in [1.165, 1.54) is 12.5 Å². The average molecular weight is 265 g/mol. The number of rotatable bonds is 4. The van der Waals surface area contributed by atoms with Crippen molar-refractivity contribution in [2.24, 2.45) is 5.84 Å². The molecule has 0 unspecified atom stereocenters. The number of nitrogens with zero attached hydrogens (tertiary/aromatic N) is 5. The van der Waals surface area contributed by atoms with E-state index < -0.39 is 4.92 Å². The van der Waals surface area contributed by atoms with E-state index in [0.29, 0.717) is 5.03 Å². The van der Waals surface area contributed by atoms with Gasteiger partial charge in [-0.25, -0.2) is 20.8 Å². The number of hydrogen-bond acceptors (Lipinski definition) is 9. The third-order valence-corrected chi connectivity index (χ3v) is 2.76. The van der Waals surface area contributed by atoms with E-state index in [9.17, 15) is 10.1 Å². The Bertz CT molecular complexity index is 565. The van der Waals surface area contributed by atoms with Crippen LogP contribution in [0.3, 0.4) is 0 Å². The summed E-state index contributed by atoms with van der Waals surface area (Å²) >= 11 is 1.03. The van der Waals surface area contributed by atoms with Gasteiger partial charge in [-0.3, -0.25) is 15.5 Å². The van der Waals surface area contributed by atoms with E-state index >= 15 is 0 Å².